The third kappa shape index (κ3) is 5.72. The second-order valence-electron chi connectivity index (χ2n) is 7.02. The highest BCUT2D eigenvalue weighted by Crippen LogP contribution is 2.33. The molecular weight excluding hydrogens is 405 g/mol. The fourth-order valence-electron chi connectivity index (χ4n) is 3.24. The Balaban J connectivity index is 1.74. The van der Waals surface area contributed by atoms with E-state index < -0.39 is 17.6 Å². The van der Waals surface area contributed by atoms with Crippen molar-refractivity contribution in [3.63, 3.8) is 0 Å². The van der Waals surface area contributed by atoms with Crippen LogP contribution in [0.15, 0.2) is 72.8 Å². The summed E-state index contributed by atoms with van der Waals surface area (Å²) >= 11 is 0. The average Bonchev–Trinajstić information content (AvgIpc) is 2.74. The summed E-state index contributed by atoms with van der Waals surface area (Å²) in [6, 6.07) is 15.8. The molecule has 0 saturated carbocycles. The minimum Gasteiger partial charge on any atom is -0.366 e. The van der Waals surface area contributed by atoms with Gasteiger partial charge in [0.1, 0.15) is 0 Å². The highest BCUT2D eigenvalue weighted by Gasteiger charge is 2.30. The average molecular weight is 426 g/mol. The molecule has 3 N–H and O–H groups in total. The Morgan fingerprint density at radius 2 is 1.74 bits per heavy atom. The van der Waals surface area contributed by atoms with Gasteiger partial charge in [-0.15, -0.1) is 0 Å². The summed E-state index contributed by atoms with van der Waals surface area (Å²) in [5.41, 5.74) is 6.26. The molecule has 0 heterocycles. The van der Waals surface area contributed by atoms with E-state index in [0.29, 0.717) is 30.5 Å². The van der Waals surface area contributed by atoms with Crippen LogP contribution in [0.25, 0.3) is 21.9 Å². The van der Waals surface area contributed by atoms with Crippen LogP contribution in [-0.2, 0) is 11.0 Å². The molecule has 0 atom stereocenters. The van der Waals surface area contributed by atoms with E-state index in [-0.39, 0.29) is 5.91 Å². The summed E-state index contributed by atoms with van der Waals surface area (Å²) in [5.74, 6) is -0.725. The normalized spacial score (nSPS) is 11.7. The summed E-state index contributed by atoms with van der Waals surface area (Å²) < 4.78 is 38.5. The minimum atomic E-state index is -4.38. The van der Waals surface area contributed by atoms with Gasteiger partial charge in [0.25, 0.3) is 5.91 Å². The molecule has 7 heteroatoms. The number of alkyl halides is 3. The molecule has 31 heavy (non-hydrogen) atoms. The van der Waals surface area contributed by atoms with E-state index in [1.807, 2.05) is 18.2 Å². The Kier molecular flexibility index (Phi) is 6.74. The van der Waals surface area contributed by atoms with Crippen molar-refractivity contribution in [1.29, 1.82) is 0 Å². The summed E-state index contributed by atoms with van der Waals surface area (Å²) in [7, 11) is 0. The molecule has 0 spiro atoms. The zero-order valence-corrected chi connectivity index (χ0v) is 16.6. The highest BCUT2D eigenvalue weighted by atomic mass is 19.4. The maximum atomic E-state index is 12.8. The van der Waals surface area contributed by atoms with Crippen LogP contribution in [0.3, 0.4) is 0 Å². The molecule has 0 aliphatic rings. The van der Waals surface area contributed by atoms with Crippen LogP contribution >= 0.6 is 0 Å². The van der Waals surface area contributed by atoms with Crippen LogP contribution in [0, 0.1) is 0 Å². The van der Waals surface area contributed by atoms with E-state index in [1.165, 1.54) is 18.2 Å². The second kappa shape index (κ2) is 9.47. The molecule has 3 rings (SSSR count). The van der Waals surface area contributed by atoms with Gasteiger partial charge in [0, 0.05) is 12.1 Å². The van der Waals surface area contributed by atoms with Gasteiger partial charge < -0.3 is 11.1 Å². The van der Waals surface area contributed by atoms with E-state index in [0.717, 1.165) is 28.5 Å². The molecule has 0 radical (unpaired) electrons. The minimum absolute atomic E-state index is 0.222. The van der Waals surface area contributed by atoms with Crippen LogP contribution in [0.5, 0.6) is 0 Å². The van der Waals surface area contributed by atoms with Gasteiger partial charge in [-0.05, 0) is 65.1 Å². The Hall–Kier alpha value is -3.61. The highest BCUT2D eigenvalue weighted by molar-refractivity contribution is 6.02. The molecule has 0 saturated heterocycles. The lowest BCUT2D eigenvalue weighted by Crippen LogP contribution is -2.24. The molecule has 0 unspecified atom stereocenters. The molecule has 3 aromatic rings. The maximum Gasteiger partial charge on any atom is 0.416 e. The van der Waals surface area contributed by atoms with E-state index in [2.05, 4.69) is 5.32 Å². The molecule has 0 fully saturated rings. The van der Waals surface area contributed by atoms with Crippen molar-refractivity contribution in [2.75, 3.05) is 6.54 Å². The van der Waals surface area contributed by atoms with Gasteiger partial charge in [0.05, 0.1) is 5.56 Å². The van der Waals surface area contributed by atoms with Gasteiger partial charge in [-0.2, -0.15) is 13.2 Å². The van der Waals surface area contributed by atoms with Crippen LogP contribution in [-0.4, -0.2) is 18.4 Å². The second-order valence-corrected chi connectivity index (χ2v) is 7.02. The largest absolute Gasteiger partial charge is 0.416 e. The summed E-state index contributed by atoms with van der Waals surface area (Å²) in [6.45, 7) is 0.450. The number of primary amides is 1. The number of amides is 2. The third-order valence-electron chi connectivity index (χ3n) is 4.78. The predicted octanol–water partition coefficient (Wildman–Crippen LogP) is 5.08. The van der Waals surface area contributed by atoms with Gasteiger partial charge in [-0.1, -0.05) is 42.5 Å². The van der Waals surface area contributed by atoms with Crippen LogP contribution in [0.2, 0.25) is 0 Å². The molecule has 3 aromatic carbocycles. The van der Waals surface area contributed by atoms with E-state index in [9.17, 15) is 22.8 Å². The number of hydrogen-bond donors (Lipinski definition) is 2. The summed E-state index contributed by atoms with van der Waals surface area (Å²) in [6.07, 6.45) is -0.136. The van der Waals surface area contributed by atoms with E-state index >= 15 is 0 Å². The monoisotopic (exact) mass is 426 g/mol. The molecule has 0 aromatic heterocycles. The molecule has 0 aliphatic carbocycles. The number of nitrogens with two attached hydrogens (primary N) is 1. The Labute approximate surface area is 177 Å². The number of carbonyl (C=O) groups is 2. The van der Waals surface area contributed by atoms with Crippen molar-refractivity contribution in [2.24, 2.45) is 5.73 Å². The molecule has 0 aliphatic heterocycles. The van der Waals surface area contributed by atoms with Crippen LogP contribution in [0.1, 0.15) is 28.8 Å². The van der Waals surface area contributed by atoms with Gasteiger partial charge in [-0.25, -0.2) is 0 Å². The number of rotatable bonds is 7. The zero-order chi connectivity index (χ0) is 22.4. The van der Waals surface area contributed by atoms with Crippen LogP contribution < -0.4 is 11.1 Å². The predicted molar refractivity (Wildman–Crippen MR) is 114 cm³/mol. The summed E-state index contributed by atoms with van der Waals surface area (Å²) in [5, 5.41) is 4.48. The smallest absolute Gasteiger partial charge is 0.366 e. The van der Waals surface area contributed by atoms with Gasteiger partial charge in [-0.3, -0.25) is 9.59 Å². The Morgan fingerprint density at radius 3 is 2.42 bits per heavy atom. The lowest BCUT2D eigenvalue weighted by atomic mass is 9.96. The standard InChI is InChI=1S/C24H21F3N2O2/c25-24(26,27)19-11-8-16(9-12-19)20-6-4-5-17-15-18(10-13-21(17)20)23(31)29-14-3-1-2-7-22(28)30/h2,4-13,15H,1,3,14H2,(H2,28,30)(H,29,31)/b7-2+. The van der Waals surface area contributed by atoms with E-state index in [4.69, 9.17) is 5.73 Å². The molecule has 0 bridgehead atoms. The first kappa shape index (κ1) is 22.1. The number of carbonyl (C=O) groups excluding carboxylic acids is 2. The fraction of sp³-hybridized carbons (Fsp3) is 0.167. The fourth-order valence-corrected chi connectivity index (χ4v) is 3.24. The maximum absolute atomic E-state index is 12.8. The number of hydrogen-bond acceptors (Lipinski definition) is 2. The SMILES string of the molecule is NC(=O)/C=C/CCCNC(=O)c1ccc2c(-c3ccc(C(F)(F)F)cc3)cccc2c1. The van der Waals surface area contributed by atoms with Crippen molar-refractivity contribution >= 4 is 22.6 Å². The first-order valence-electron chi connectivity index (χ1n) is 9.70. The lowest BCUT2D eigenvalue weighted by Gasteiger charge is -2.11. The Bertz CT molecular complexity index is 1120. The first-order chi connectivity index (χ1) is 14.8. The van der Waals surface area contributed by atoms with Crippen molar-refractivity contribution in [1.82, 2.24) is 5.32 Å². The Morgan fingerprint density at radius 1 is 1.00 bits per heavy atom. The van der Waals surface area contributed by atoms with Gasteiger partial charge >= 0.3 is 6.18 Å². The number of unbranched alkanes of at least 4 members (excludes halogenated alkanes) is 1. The first-order valence-corrected chi connectivity index (χ1v) is 9.70. The van der Waals surface area contributed by atoms with Crippen molar-refractivity contribution in [2.45, 2.75) is 19.0 Å². The third-order valence-corrected chi connectivity index (χ3v) is 4.78. The number of nitrogens with one attached hydrogen (secondary N) is 1. The molecule has 2 amide bonds. The van der Waals surface area contributed by atoms with E-state index in [1.54, 1.807) is 24.3 Å². The van der Waals surface area contributed by atoms with Crippen molar-refractivity contribution in [3.8, 4) is 11.1 Å². The molecule has 4 nitrogen and oxygen atoms in total. The van der Waals surface area contributed by atoms with Gasteiger partial charge in [0.2, 0.25) is 5.91 Å². The number of fused-ring (bicyclic) bond motifs is 1. The topological polar surface area (TPSA) is 72.2 Å². The zero-order valence-electron chi connectivity index (χ0n) is 16.6. The van der Waals surface area contributed by atoms with Crippen molar-refractivity contribution in [3.05, 3.63) is 83.9 Å². The number of benzene rings is 3. The number of halogens is 3. The molecule has 160 valence electrons. The number of allylic oxidation sites excluding steroid dienone is 1. The van der Waals surface area contributed by atoms with Crippen LogP contribution in [0.4, 0.5) is 13.2 Å². The van der Waals surface area contributed by atoms with Crippen molar-refractivity contribution < 1.29 is 22.8 Å². The molecular formula is C24H21F3N2O2. The summed E-state index contributed by atoms with van der Waals surface area (Å²) in [4.78, 5) is 23.0. The quantitative estimate of drug-likeness (QED) is 0.409. The lowest BCUT2D eigenvalue weighted by molar-refractivity contribution is -0.137. The van der Waals surface area contributed by atoms with Gasteiger partial charge in [0.15, 0.2) is 0 Å².